The first-order valence-corrected chi connectivity index (χ1v) is 10.7. The number of allylic oxidation sites excluding steroid dienone is 1. The Hall–Kier alpha value is -3.53. The number of aryl methyl sites for hydroxylation is 1. The summed E-state index contributed by atoms with van der Waals surface area (Å²) in [5.74, 6) is 1.45. The molecule has 0 atom stereocenters. The summed E-state index contributed by atoms with van der Waals surface area (Å²) >= 11 is 0. The molecule has 1 aliphatic heterocycles. The van der Waals surface area contributed by atoms with E-state index in [0.717, 1.165) is 24.2 Å². The fraction of sp³-hybridized carbons (Fsp3) is 0.222. The average Bonchev–Trinajstić information content (AvgIpc) is 3.09. The Morgan fingerprint density at radius 2 is 1.71 bits per heavy atom. The molecule has 4 rings (SSSR count). The number of benzene rings is 3. The number of carbonyl (C=O) groups is 1. The number of fused-ring (bicyclic) bond motifs is 1. The first-order chi connectivity index (χ1) is 15.1. The number of hydrogen-bond acceptors (Lipinski definition) is 4. The molecular formula is C27H27NO3. The van der Waals surface area contributed by atoms with Gasteiger partial charge in [0.25, 0.3) is 0 Å². The first-order valence-electron chi connectivity index (χ1n) is 10.7. The topological polar surface area (TPSA) is 38.8 Å². The second kappa shape index (κ2) is 9.09. The van der Waals surface area contributed by atoms with E-state index < -0.39 is 0 Å². The van der Waals surface area contributed by atoms with Crippen LogP contribution < -0.4 is 14.4 Å². The number of nitrogens with zero attached hydrogens (tertiary/aromatic N) is 1. The highest BCUT2D eigenvalue weighted by molar-refractivity contribution is 6.14. The van der Waals surface area contributed by atoms with Crippen LogP contribution in [0.1, 0.15) is 40.9 Å². The molecule has 158 valence electrons. The van der Waals surface area contributed by atoms with Gasteiger partial charge in [-0.05, 0) is 67.8 Å². The van der Waals surface area contributed by atoms with Crippen molar-refractivity contribution in [3.63, 3.8) is 0 Å². The van der Waals surface area contributed by atoms with Crippen LogP contribution in [0.3, 0.4) is 0 Å². The molecule has 0 aromatic heterocycles. The number of ether oxygens (including phenoxy) is 2. The van der Waals surface area contributed by atoms with E-state index in [1.54, 1.807) is 18.2 Å². The van der Waals surface area contributed by atoms with E-state index in [4.69, 9.17) is 9.47 Å². The molecule has 3 aromatic rings. The molecule has 0 unspecified atom stereocenters. The minimum Gasteiger partial charge on any atom is -0.489 e. The van der Waals surface area contributed by atoms with Crippen LogP contribution in [0.25, 0.3) is 6.08 Å². The summed E-state index contributed by atoms with van der Waals surface area (Å²) in [6.45, 7) is 8.74. The van der Waals surface area contributed by atoms with Crippen LogP contribution in [0.2, 0.25) is 0 Å². The quantitative estimate of drug-likeness (QED) is 0.443. The Labute approximate surface area is 183 Å². The third-order valence-electron chi connectivity index (χ3n) is 5.62. The molecule has 0 bridgehead atoms. The Bertz CT molecular complexity index is 1110. The first kappa shape index (κ1) is 20.7. The van der Waals surface area contributed by atoms with Crippen molar-refractivity contribution >= 4 is 17.5 Å². The minimum atomic E-state index is -0.103. The van der Waals surface area contributed by atoms with Crippen molar-refractivity contribution in [3.05, 3.63) is 94.7 Å². The van der Waals surface area contributed by atoms with Gasteiger partial charge in [-0.1, -0.05) is 36.4 Å². The predicted molar refractivity (Wildman–Crippen MR) is 125 cm³/mol. The van der Waals surface area contributed by atoms with Gasteiger partial charge in [-0.15, -0.1) is 0 Å². The zero-order valence-electron chi connectivity index (χ0n) is 18.2. The van der Waals surface area contributed by atoms with Crippen molar-refractivity contribution in [2.45, 2.75) is 27.4 Å². The molecule has 1 heterocycles. The maximum Gasteiger partial charge on any atom is 0.231 e. The summed E-state index contributed by atoms with van der Waals surface area (Å²) < 4.78 is 11.8. The number of carbonyl (C=O) groups excluding carboxylic acids is 1. The van der Waals surface area contributed by atoms with Crippen molar-refractivity contribution in [2.24, 2.45) is 0 Å². The van der Waals surface area contributed by atoms with Crippen LogP contribution in [0.15, 0.2) is 72.5 Å². The molecule has 4 heteroatoms. The SMILES string of the molecule is CCN(CC)c1ccc(/C=C2\Oc3cc(OCc4ccccc4C)ccc3C2=O)cc1. The molecule has 0 saturated heterocycles. The lowest BCUT2D eigenvalue weighted by Crippen LogP contribution is -2.21. The number of hydrogen-bond donors (Lipinski definition) is 0. The summed E-state index contributed by atoms with van der Waals surface area (Å²) in [6.07, 6.45) is 1.79. The fourth-order valence-corrected chi connectivity index (χ4v) is 3.71. The van der Waals surface area contributed by atoms with E-state index in [0.29, 0.717) is 29.4 Å². The predicted octanol–water partition coefficient (Wildman–Crippen LogP) is 6.04. The van der Waals surface area contributed by atoms with E-state index in [9.17, 15) is 4.79 Å². The largest absolute Gasteiger partial charge is 0.489 e. The summed E-state index contributed by atoms with van der Waals surface area (Å²) in [7, 11) is 0. The summed E-state index contributed by atoms with van der Waals surface area (Å²) in [4.78, 5) is 15.0. The minimum absolute atomic E-state index is 0.103. The zero-order valence-corrected chi connectivity index (χ0v) is 18.2. The van der Waals surface area contributed by atoms with Crippen molar-refractivity contribution in [1.82, 2.24) is 0 Å². The third-order valence-corrected chi connectivity index (χ3v) is 5.62. The Morgan fingerprint density at radius 1 is 0.968 bits per heavy atom. The molecule has 31 heavy (non-hydrogen) atoms. The smallest absolute Gasteiger partial charge is 0.231 e. The molecule has 0 N–H and O–H groups in total. The zero-order chi connectivity index (χ0) is 21.8. The lowest BCUT2D eigenvalue weighted by atomic mass is 10.1. The normalized spacial score (nSPS) is 13.8. The van der Waals surface area contributed by atoms with Crippen molar-refractivity contribution in [3.8, 4) is 11.5 Å². The summed E-state index contributed by atoms with van der Waals surface area (Å²) in [5, 5.41) is 0. The van der Waals surface area contributed by atoms with Gasteiger partial charge in [0.05, 0.1) is 5.56 Å². The molecule has 1 aliphatic rings. The van der Waals surface area contributed by atoms with E-state index in [1.165, 1.54) is 11.3 Å². The van der Waals surface area contributed by atoms with Gasteiger partial charge in [-0.25, -0.2) is 0 Å². The third kappa shape index (κ3) is 4.48. The van der Waals surface area contributed by atoms with E-state index in [-0.39, 0.29) is 5.78 Å². The highest BCUT2D eigenvalue weighted by Gasteiger charge is 2.27. The average molecular weight is 414 g/mol. The van der Waals surface area contributed by atoms with Gasteiger partial charge in [-0.3, -0.25) is 4.79 Å². The van der Waals surface area contributed by atoms with E-state index in [2.05, 4.69) is 49.9 Å². The molecule has 0 saturated carbocycles. The van der Waals surface area contributed by atoms with Gasteiger partial charge in [0.2, 0.25) is 5.78 Å². The molecule has 4 nitrogen and oxygen atoms in total. The van der Waals surface area contributed by atoms with E-state index in [1.807, 2.05) is 30.3 Å². The van der Waals surface area contributed by atoms with Gasteiger partial charge >= 0.3 is 0 Å². The standard InChI is InChI=1S/C27H27NO3/c1-4-28(5-2)22-12-10-20(11-13-22)16-26-27(29)24-15-14-23(17-25(24)31-26)30-18-21-9-7-6-8-19(21)3/h6-17H,4-5,18H2,1-3H3/b26-16-. The maximum atomic E-state index is 12.8. The number of Topliss-reactive ketones (excluding diaryl/α,β-unsaturated/α-hetero) is 1. The van der Waals surface area contributed by atoms with Crippen LogP contribution in [-0.2, 0) is 6.61 Å². The van der Waals surface area contributed by atoms with Gasteiger partial charge in [0, 0.05) is 24.8 Å². The van der Waals surface area contributed by atoms with Crippen LogP contribution in [-0.4, -0.2) is 18.9 Å². The highest BCUT2D eigenvalue weighted by Crippen LogP contribution is 2.35. The molecule has 3 aromatic carbocycles. The van der Waals surface area contributed by atoms with Gasteiger partial charge < -0.3 is 14.4 Å². The molecule has 0 amide bonds. The number of anilines is 1. The van der Waals surface area contributed by atoms with Gasteiger partial charge in [0.1, 0.15) is 18.1 Å². The molecule has 0 spiro atoms. The summed E-state index contributed by atoms with van der Waals surface area (Å²) in [6, 6.07) is 21.7. The molecular weight excluding hydrogens is 386 g/mol. The van der Waals surface area contributed by atoms with E-state index >= 15 is 0 Å². The number of rotatable bonds is 7. The Balaban J connectivity index is 1.48. The highest BCUT2D eigenvalue weighted by atomic mass is 16.5. The lowest BCUT2D eigenvalue weighted by Gasteiger charge is -2.20. The molecule has 0 radical (unpaired) electrons. The van der Waals surface area contributed by atoms with Crippen molar-refractivity contribution in [1.29, 1.82) is 0 Å². The number of ketones is 1. The molecule has 0 fully saturated rings. The Morgan fingerprint density at radius 3 is 2.42 bits per heavy atom. The Kier molecular flexibility index (Phi) is 6.08. The second-order valence-corrected chi connectivity index (χ2v) is 7.58. The van der Waals surface area contributed by atoms with Crippen LogP contribution >= 0.6 is 0 Å². The van der Waals surface area contributed by atoms with Crippen molar-refractivity contribution < 1.29 is 14.3 Å². The maximum absolute atomic E-state index is 12.8. The van der Waals surface area contributed by atoms with Crippen LogP contribution in [0.5, 0.6) is 11.5 Å². The van der Waals surface area contributed by atoms with Crippen LogP contribution in [0, 0.1) is 6.92 Å². The molecule has 0 aliphatic carbocycles. The monoisotopic (exact) mass is 413 g/mol. The summed E-state index contributed by atoms with van der Waals surface area (Å²) in [5.41, 5.74) is 4.99. The van der Waals surface area contributed by atoms with Gasteiger partial charge in [0.15, 0.2) is 5.76 Å². The second-order valence-electron chi connectivity index (χ2n) is 7.58. The van der Waals surface area contributed by atoms with Crippen molar-refractivity contribution in [2.75, 3.05) is 18.0 Å². The van der Waals surface area contributed by atoms with Gasteiger partial charge in [-0.2, -0.15) is 0 Å². The van der Waals surface area contributed by atoms with Crippen LogP contribution in [0.4, 0.5) is 5.69 Å². The lowest BCUT2D eigenvalue weighted by molar-refractivity contribution is 0.101. The fourth-order valence-electron chi connectivity index (χ4n) is 3.71.